The summed E-state index contributed by atoms with van der Waals surface area (Å²) in [5.74, 6) is 0. The first-order valence-corrected chi connectivity index (χ1v) is 4.08. The Morgan fingerprint density at radius 2 is 2.23 bits per heavy atom. The minimum atomic E-state index is 0.398. The van der Waals surface area contributed by atoms with Gasteiger partial charge in [0.15, 0.2) is 0 Å². The summed E-state index contributed by atoms with van der Waals surface area (Å²) in [6.45, 7) is 2.30. The van der Waals surface area contributed by atoms with Crippen LogP contribution in [0.1, 0.15) is 11.4 Å². The van der Waals surface area contributed by atoms with Crippen molar-refractivity contribution >= 4 is 11.0 Å². The molecule has 2 heterocycles. The Labute approximate surface area is 75.8 Å². The normalized spacial score (nSPS) is 10.6. The van der Waals surface area contributed by atoms with E-state index in [-0.39, 0.29) is 0 Å². The second-order valence-electron chi connectivity index (χ2n) is 2.84. The van der Waals surface area contributed by atoms with Crippen LogP contribution in [0.3, 0.4) is 0 Å². The molecule has 0 bridgehead atoms. The van der Waals surface area contributed by atoms with Gasteiger partial charge in [-0.25, -0.2) is 4.98 Å². The van der Waals surface area contributed by atoms with E-state index < -0.39 is 0 Å². The van der Waals surface area contributed by atoms with Gasteiger partial charge in [-0.1, -0.05) is 0 Å². The van der Waals surface area contributed by atoms with E-state index in [1.807, 2.05) is 13.0 Å². The van der Waals surface area contributed by atoms with Crippen LogP contribution < -0.4 is 5.73 Å². The molecule has 4 heteroatoms. The van der Waals surface area contributed by atoms with Gasteiger partial charge in [0, 0.05) is 18.9 Å². The average molecular weight is 174 g/mol. The number of hydrogen-bond acceptors (Lipinski definition) is 4. The molecule has 0 fully saturated rings. The van der Waals surface area contributed by atoms with Gasteiger partial charge in [-0.3, -0.25) is 9.97 Å². The largest absolute Gasteiger partial charge is 0.325 e. The highest BCUT2D eigenvalue weighted by molar-refractivity contribution is 5.75. The van der Waals surface area contributed by atoms with Gasteiger partial charge >= 0.3 is 0 Å². The van der Waals surface area contributed by atoms with Crippen LogP contribution in [0.15, 0.2) is 18.5 Å². The van der Waals surface area contributed by atoms with Gasteiger partial charge in [-0.2, -0.15) is 0 Å². The summed E-state index contributed by atoms with van der Waals surface area (Å²) in [4.78, 5) is 12.7. The standard InChI is InChI=1S/C9H10N4/c1-6-5-12-7-2-3-11-8(4-10)9(7)13-6/h2-3,5H,4,10H2,1H3. The Morgan fingerprint density at radius 1 is 1.38 bits per heavy atom. The highest BCUT2D eigenvalue weighted by Gasteiger charge is 2.02. The van der Waals surface area contributed by atoms with Crippen molar-refractivity contribution in [3.63, 3.8) is 0 Å². The van der Waals surface area contributed by atoms with Crippen LogP contribution in [0, 0.1) is 6.92 Å². The summed E-state index contributed by atoms with van der Waals surface area (Å²) in [5, 5.41) is 0. The van der Waals surface area contributed by atoms with Gasteiger partial charge in [0.1, 0.15) is 5.52 Å². The number of nitrogens with zero attached hydrogens (tertiary/aromatic N) is 3. The summed E-state index contributed by atoms with van der Waals surface area (Å²) < 4.78 is 0. The van der Waals surface area contributed by atoms with Crippen LogP contribution in [0.5, 0.6) is 0 Å². The van der Waals surface area contributed by atoms with E-state index in [4.69, 9.17) is 5.73 Å². The Hall–Kier alpha value is -1.55. The molecule has 0 atom stereocenters. The van der Waals surface area contributed by atoms with E-state index in [2.05, 4.69) is 15.0 Å². The molecule has 2 rings (SSSR count). The lowest BCUT2D eigenvalue weighted by Gasteiger charge is -2.01. The zero-order valence-electron chi connectivity index (χ0n) is 7.36. The predicted octanol–water partition coefficient (Wildman–Crippen LogP) is 0.792. The smallest absolute Gasteiger partial charge is 0.112 e. The first kappa shape index (κ1) is 8.07. The molecule has 0 aromatic carbocycles. The summed E-state index contributed by atoms with van der Waals surface area (Å²) >= 11 is 0. The maximum atomic E-state index is 5.54. The van der Waals surface area contributed by atoms with E-state index in [0.29, 0.717) is 6.54 Å². The Bertz CT molecular complexity index is 439. The fourth-order valence-electron chi connectivity index (χ4n) is 1.23. The molecule has 2 aromatic heterocycles. The van der Waals surface area contributed by atoms with Crippen molar-refractivity contribution in [1.29, 1.82) is 0 Å². The number of pyridine rings is 1. The molecule has 4 nitrogen and oxygen atoms in total. The van der Waals surface area contributed by atoms with E-state index in [0.717, 1.165) is 22.4 Å². The molecule has 2 aromatic rings. The van der Waals surface area contributed by atoms with Gasteiger partial charge in [-0.05, 0) is 13.0 Å². The fourth-order valence-corrected chi connectivity index (χ4v) is 1.23. The number of fused-ring (bicyclic) bond motifs is 1. The number of rotatable bonds is 1. The number of nitrogens with two attached hydrogens (primary N) is 1. The van der Waals surface area contributed by atoms with E-state index >= 15 is 0 Å². The third kappa shape index (κ3) is 1.36. The number of aryl methyl sites for hydroxylation is 1. The van der Waals surface area contributed by atoms with Crippen molar-refractivity contribution in [2.24, 2.45) is 5.73 Å². The summed E-state index contributed by atoms with van der Waals surface area (Å²) in [6, 6.07) is 1.83. The van der Waals surface area contributed by atoms with E-state index in [1.165, 1.54) is 0 Å². The second kappa shape index (κ2) is 3.06. The molecule has 13 heavy (non-hydrogen) atoms. The molecule has 0 amide bonds. The monoisotopic (exact) mass is 174 g/mol. The molecule has 0 saturated heterocycles. The average Bonchev–Trinajstić information content (AvgIpc) is 2.17. The van der Waals surface area contributed by atoms with E-state index in [1.54, 1.807) is 12.4 Å². The molecule has 66 valence electrons. The van der Waals surface area contributed by atoms with Gasteiger partial charge in [0.2, 0.25) is 0 Å². The fraction of sp³-hybridized carbons (Fsp3) is 0.222. The minimum absolute atomic E-state index is 0.398. The van der Waals surface area contributed by atoms with Crippen LogP contribution in [0.2, 0.25) is 0 Å². The maximum absolute atomic E-state index is 5.54. The summed E-state index contributed by atoms with van der Waals surface area (Å²) in [7, 11) is 0. The van der Waals surface area contributed by atoms with Crippen LogP contribution in [0.25, 0.3) is 11.0 Å². The SMILES string of the molecule is Cc1cnc2ccnc(CN)c2n1. The third-order valence-electron chi connectivity index (χ3n) is 1.85. The molecule has 0 aliphatic rings. The molecule has 0 unspecified atom stereocenters. The first-order valence-electron chi connectivity index (χ1n) is 4.08. The summed E-state index contributed by atoms with van der Waals surface area (Å²) in [6.07, 6.45) is 3.44. The molecule has 0 saturated carbocycles. The van der Waals surface area contributed by atoms with Crippen molar-refractivity contribution in [2.75, 3.05) is 0 Å². The van der Waals surface area contributed by atoms with Crippen LogP contribution in [-0.4, -0.2) is 15.0 Å². The quantitative estimate of drug-likeness (QED) is 0.694. The lowest BCUT2D eigenvalue weighted by Crippen LogP contribution is -2.02. The highest BCUT2D eigenvalue weighted by Crippen LogP contribution is 2.11. The van der Waals surface area contributed by atoms with Gasteiger partial charge in [0.25, 0.3) is 0 Å². The Balaban J connectivity index is 2.79. The van der Waals surface area contributed by atoms with Crippen molar-refractivity contribution in [2.45, 2.75) is 13.5 Å². The van der Waals surface area contributed by atoms with Gasteiger partial charge in [0.05, 0.1) is 16.9 Å². The maximum Gasteiger partial charge on any atom is 0.112 e. The van der Waals surface area contributed by atoms with Gasteiger partial charge < -0.3 is 5.73 Å². The molecular formula is C9H10N4. The third-order valence-corrected chi connectivity index (χ3v) is 1.85. The molecular weight excluding hydrogens is 164 g/mol. The topological polar surface area (TPSA) is 64.7 Å². The van der Waals surface area contributed by atoms with Gasteiger partial charge in [-0.15, -0.1) is 0 Å². The molecule has 0 aliphatic heterocycles. The van der Waals surface area contributed by atoms with Crippen molar-refractivity contribution in [1.82, 2.24) is 15.0 Å². The van der Waals surface area contributed by atoms with Crippen molar-refractivity contribution in [3.05, 3.63) is 29.8 Å². The zero-order valence-corrected chi connectivity index (χ0v) is 7.36. The van der Waals surface area contributed by atoms with E-state index in [9.17, 15) is 0 Å². The van der Waals surface area contributed by atoms with Crippen LogP contribution >= 0.6 is 0 Å². The first-order chi connectivity index (χ1) is 6.31. The molecule has 0 radical (unpaired) electrons. The predicted molar refractivity (Wildman–Crippen MR) is 50.0 cm³/mol. The number of aromatic nitrogens is 3. The van der Waals surface area contributed by atoms with Crippen molar-refractivity contribution < 1.29 is 0 Å². The Morgan fingerprint density at radius 3 is 3.00 bits per heavy atom. The summed E-state index contributed by atoms with van der Waals surface area (Å²) in [5.41, 5.74) is 8.88. The molecule has 2 N–H and O–H groups in total. The molecule has 0 spiro atoms. The second-order valence-corrected chi connectivity index (χ2v) is 2.84. The Kier molecular flexibility index (Phi) is 1.90. The van der Waals surface area contributed by atoms with Crippen LogP contribution in [0.4, 0.5) is 0 Å². The zero-order chi connectivity index (χ0) is 9.26. The lowest BCUT2D eigenvalue weighted by molar-refractivity contribution is 0.991. The van der Waals surface area contributed by atoms with Crippen LogP contribution in [-0.2, 0) is 6.54 Å². The lowest BCUT2D eigenvalue weighted by atomic mass is 10.3. The molecule has 0 aliphatic carbocycles. The van der Waals surface area contributed by atoms with Crippen molar-refractivity contribution in [3.8, 4) is 0 Å². The number of hydrogen-bond donors (Lipinski definition) is 1. The minimum Gasteiger partial charge on any atom is -0.325 e. The highest BCUT2D eigenvalue weighted by atomic mass is 14.8.